The molecule has 1 aromatic carbocycles. The zero-order valence-electron chi connectivity index (χ0n) is 9.86. The monoisotopic (exact) mass is 233 g/mol. The van der Waals surface area contributed by atoms with Crippen LogP contribution in [0.1, 0.15) is 18.4 Å². The number of fused-ring (bicyclic) bond motifs is 1. The van der Waals surface area contributed by atoms with Crippen molar-refractivity contribution in [3.8, 4) is 0 Å². The van der Waals surface area contributed by atoms with Crippen molar-refractivity contribution in [2.75, 3.05) is 18.5 Å². The minimum absolute atomic E-state index is 0.0687. The van der Waals surface area contributed by atoms with E-state index in [9.17, 15) is 4.79 Å². The number of hydrogen-bond donors (Lipinski definition) is 3. The normalized spacial score (nSPS) is 16.7. The summed E-state index contributed by atoms with van der Waals surface area (Å²) in [6, 6.07) is 5.78. The molecule has 2 rings (SSSR count). The molecule has 1 aromatic rings. The standard InChI is InChI=1S/C12H16BNO3/c13-8-1-2-9-10(7-8)14-11(17)12(9,3-5-15)4-6-16/h1-2,7,15-16H,3-6,13H2,(H,14,17). The van der Waals surface area contributed by atoms with Crippen LogP contribution < -0.4 is 10.8 Å². The van der Waals surface area contributed by atoms with Gasteiger partial charge in [-0.1, -0.05) is 17.6 Å². The topological polar surface area (TPSA) is 69.6 Å². The SMILES string of the molecule is Bc1ccc2c(c1)NC(=O)C2(CCO)CCO. The molecule has 0 aliphatic carbocycles. The van der Waals surface area contributed by atoms with Crippen LogP contribution >= 0.6 is 0 Å². The molecule has 0 unspecified atom stereocenters. The van der Waals surface area contributed by atoms with Gasteiger partial charge in [-0.15, -0.1) is 0 Å². The third kappa shape index (κ3) is 1.85. The quantitative estimate of drug-likeness (QED) is 0.578. The second kappa shape index (κ2) is 4.51. The molecule has 0 saturated carbocycles. The minimum atomic E-state index is -0.771. The lowest BCUT2D eigenvalue weighted by Crippen LogP contribution is -2.36. The van der Waals surface area contributed by atoms with Crippen molar-refractivity contribution in [2.24, 2.45) is 0 Å². The van der Waals surface area contributed by atoms with Crippen molar-refractivity contribution in [1.82, 2.24) is 0 Å². The van der Waals surface area contributed by atoms with Crippen molar-refractivity contribution in [3.05, 3.63) is 23.8 Å². The molecule has 0 fully saturated rings. The van der Waals surface area contributed by atoms with Gasteiger partial charge < -0.3 is 15.5 Å². The molecule has 0 saturated heterocycles. The zero-order chi connectivity index (χ0) is 12.5. The fourth-order valence-corrected chi connectivity index (χ4v) is 2.55. The maximum absolute atomic E-state index is 12.1. The predicted octanol–water partition coefficient (Wildman–Crippen LogP) is -1.10. The van der Waals surface area contributed by atoms with E-state index in [1.807, 2.05) is 26.0 Å². The average molecular weight is 233 g/mol. The Balaban J connectivity index is 2.50. The van der Waals surface area contributed by atoms with E-state index in [-0.39, 0.29) is 19.1 Å². The number of rotatable bonds is 4. The molecule has 3 N–H and O–H groups in total. The van der Waals surface area contributed by atoms with Crippen LogP contribution in [0.15, 0.2) is 18.2 Å². The summed E-state index contributed by atoms with van der Waals surface area (Å²) in [4.78, 5) is 12.1. The summed E-state index contributed by atoms with van der Waals surface area (Å²) in [6.45, 7) is -0.137. The Labute approximate surface area is 101 Å². The summed E-state index contributed by atoms with van der Waals surface area (Å²) in [5.41, 5.74) is 1.99. The number of carbonyl (C=O) groups is 1. The maximum atomic E-state index is 12.1. The summed E-state index contributed by atoms with van der Waals surface area (Å²) in [6.07, 6.45) is 0.685. The largest absolute Gasteiger partial charge is 0.396 e. The molecule has 4 nitrogen and oxygen atoms in total. The zero-order valence-corrected chi connectivity index (χ0v) is 9.86. The van der Waals surface area contributed by atoms with Crippen LogP contribution in [0.3, 0.4) is 0 Å². The molecule has 90 valence electrons. The van der Waals surface area contributed by atoms with E-state index in [1.165, 1.54) is 0 Å². The van der Waals surface area contributed by atoms with Gasteiger partial charge in [-0.3, -0.25) is 4.79 Å². The third-order valence-electron chi connectivity index (χ3n) is 3.45. The van der Waals surface area contributed by atoms with Gasteiger partial charge in [0.15, 0.2) is 0 Å². The van der Waals surface area contributed by atoms with Gasteiger partial charge >= 0.3 is 0 Å². The van der Waals surface area contributed by atoms with Gasteiger partial charge in [0.2, 0.25) is 5.91 Å². The lowest BCUT2D eigenvalue weighted by molar-refractivity contribution is -0.122. The van der Waals surface area contributed by atoms with Crippen molar-refractivity contribution in [3.63, 3.8) is 0 Å². The van der Waals surface area contributed by atoms with E-state index in [2.05, 4.69) is 5.32 Å². The fourth-order valence-electron chi connectivity index (χ4n) is 2.55. The molecule has 1 aliphatic rings. The molecule has 1 amide bonds. The van der Waals surface area contributed by atoms with Gasteiger partial charge in [-0.25, -0.2) is 0 Å². The van der Waals surface area contributed by atoms with E-state index in [1.54, 1.807) is 0 Å². The highest BCUT2D eigenvalue weighted by atomic mass is 16.3. The molecule has 1 aliphatic heterocycles. The van der Waals surface area contributed by atoms with Gasteiger partial charge in [0.1, 0.15) is 7.85 Å². The van der Waals surface area contributed by atoms with Crippen LogP contribution in [-0.2, 0) is 10.2 Å². The van der Waals surface area contributed by atoms with Gasteiger partial charge in [0.25, 0.3) is 0 Å². The van der Waals surface area contributed by atoms with Crippen molar-refractivity contribution in [2.45, 2.75) is 18.3 Å². The Morgan fingerprint density at radius 2 is 1.88 bits per heavy atom. The number of carbonyl (C=O) groups excluding carboxylic acids is 1. The highest BCUT2D eigenvalue weighted by Crippen LogP contribution is 2.42. The summed E-state index contributed by atoms with van der Waals surface area (Å²) in [5, 5.41) is 21.1. The molecular weight excluding hydrogens is 217 g/mol. The lowest BCUT2D eigenvalue weighted by atomic mass is 9.75. The van der Waals surface area contributed by atoms with E-state index >= 15 is 0 Å². The van der Waals surface area contributed by atoms with Crippen molar-refractivity contribution < 1.29 is 15.0 Å². The smallest absolute Gasteiger partial charge is 0.235 e. The number of aliphatic hydroxyl groups excluding tert-OH is 2. The van der Waals surface area contributed by atoms with Crippen LogP contribution in [-0.4, -0.2) is 37.2 Å². The van der Waals surface area contributed by atoms with Crippen LogP contribution in [0, 0.1) is 0 Å². The Bertz CT molecular complexity index is 441. The summed E-state index contributed by atoms with van der Waals surface area (Å²) in [5.74, 6) is -0.124. The number of nitrogens with one attached hydrogen (secondary N) is 1. The summed E-state index contributed by atoms with van der Waals surface area (Å²) < 4.78 is 0. The second-order valence-electron chi connectivity index (χ2n) is 4.53. The van der Waals surface area contributed by atoms with E-state index in [0.29, 0.717) is 12.8 Å². The molecule has 0 atom stereocenters. The first-order valence-electron chi connectivity index (χ1n) is 5.78. The van der Waals surface area contributed by atoms with Crippen LogP contribution in [0.4, 0.5) is 5.69 Å². The van der Waals surface area contributed by atoms with E-state index in [0.717, 1.165) is 16.7 Å². The Hall–Kier alpha value is -1.33. The highest BCUT2D eigenvalue weighted by Gasteiger charge is 2.45. The van der Waals surface area contributed by atoms with Crippen molar-refractivity contribution >= 4 is 24.9 Å². The highest BCUT2D eigenvalue weighted by molar-refractivity contribution is 6.33. The maximum Gasteiger partial charge on any atom is 0.235 e. The average Bonchev–Trinajstić information content (AvgIpc) is 2.53. The molecule has 0 aromatic heterocycles. The number of benzene rings is 1. The number of amides is 1. The molecule has 0 spiro atoms. The van der Waals surface area contributed by atoms with Gasteiger partial charge in [-0.05, 0) is 24.5 Å². The first-order valence-corrected chi connectivity index (χ1v) is 5.78. The molecule has 1 heterocycles. The Morgan fingerprint density at radius 3 is 2.47 bits per heavy atom. The molecule has 17 heavy (non-hydrogen) atoms. The predicted molar refractivity (Wildman–Crippen MR) is 68.3 cm³/mol. The third-order valence-corrected chi connectivity index (χ3v) is 3.45. The van der Waals surface area contributed by atoms with E-state index < -0.39 is 5.41 Å². The van der Waals surface area contributed by atoms with Gasteiger partial charge in [-0.2, -0.15) is 0 Å². The molecular formula is C12H16BNO3. The summed E-state index contributed by atoms with van der Waals surface area (Å²) in [7, 11) is 1.96. The van der Waals surface area contributed by atoms with E-state index in [4.69, 9.17) is 10.2 Å². The number of hydrogen-bond acceptors (Lipinski definition) is 3. The molecule has 0 bridgehead atoms. The first-order chi connectivity index (χ1) is 8.14. The van der Waals surface area contributed by atoms with Crippen molar-refractivity contribution in [1.29, 1.82) is 0 Å². The van der Waals surface area contributed by atoms with Crippen LogP contribution in [0.2, 0.25) is 0 Å². The summed E-state index contributed by atoms with van der Waals surface area (Å²) >= 11 is 0. The first kappa shape index (κ1) is 12.1. The fraction of sp³-hybridized carbons (Fsp3) is 0.417. The minimum Gasteiger partial charge on any atom is -0.396 e. The van der Waals surface area contributed by atoms with Gasteiger partial charge in [0.05, 0.1) is 5.41 Å². The molecule has 0 radical (unpaired) electrons. The Kier molecular flexibility index (Phi) is 3.22. The van der Waals surface area contributed by atoms with Crippen LogP contribution in [0.25, 0.3) is 0 Å². The number of anilines is 1. The molecule has 5 heteroatoms. The number of aliphatic hydroxyl groups is 2. The Morgan fingerprint density at radius 1 is 1.24 bits per heavy atom. The van der Waals surface area contributed by atoms with Gasteiger partial charge in [0, 0.05) is 18.9 Å². The second-order valence-corrected chi connectivity index (χ2v) is 4.53. The lowest BCUT2D eigenvalue weighted by Gasteiger charge is -2.25. The van der Waals surface area contributed by atoms with Crippen LogP contribution in [0.5, 0.6) is 0 Å².